The standard InChI is InChI=1S/C15H22N6O/c1-10-9-12-13(16-10)17-15(19(3)4)18-14(12)21-7-5-20(6-8-21)11(2)22/h9H,5-8H2,1-4H3,(H,16,17,18). The van der Waals surface area contributed by atoms with Gasteiger partial charge in [-0.3, -0.25) is 4.79 Å². The number of hydrogen-bond acceptors (Lipinski definition) is 5. The van der Waals surface area contributed by atoms with Gasteiger partial charge in [-0.05, 0) is 13.0 Å². The second-order valence-corrected chi connectivity index (χ2v) is 5.95. The number of nitrogens with zero attached hydrogens (tertiary/aromatic N) is 5. The highest BCUT2D eigenvalue weighted by Crippen LogP contribution is 2.27. The lowest BCUT2D eigenvalue weighted by atomic mass is 10.2. The minimum absolute atomic E-state index is 0.138. The molecular formula is C15H22N6O. The largest absolute Gasteiger partial charge is 0.352 e. The highest BCUT2D eigenvalue weighted by molar-refractivity contribution is 5.89. The normalized spacial score (nSPS) is 15.5. The molecule has 0 aromatic carbocycles. The van der Waals surface area contributed by atoms with Crippen molar-refractivity contribution in [3.05, 3.63) is 11.8 Å². The molecule has 0 atom stereocenters. The summed E-state index contributed by atoms with van der Waals surface area (Å²) >= 11 is 0. The van der Waals surface area contributed by atoms with Gasteiger partial charge >= 0.3 is 0 Å². The molecule has 0 radical (unpaired) electrons. The van der Waals surface area contributed by atoms with Gasteiger partial charge in [0.1, 0.15) is 11.5 Å². The molecule has 3 heterocycles. The Kier molecular flexibility index (Phi) is 3.64. The van der Waals surface area contributed by atoms with Crippen molar-refractivity contribution >= 4 is 28.7 Å². The fourth-order valence-corrected chi connectivity index (χ4v) is 2.79. The first-order valence-electron chi connectivity index (χ1n) is 7.51. The average molecular weight is 302 g/mol. The van der Waals surface area contributed by atoms with Crippen molar-refractivity contribution in [3.63, 3.8) is 0 Å². The van der Waals surface area contributed by atoms with Crippen molar-refractivity contribution in [1.29, 1.82) is 0 Å². The molecule has 1 aliphatic heterocycles. The van der Waals surface area contributed by atoms with Crippen LogP contribution in [-0.4, -0.2) is 66.0 Å². The summed E-state index contributed by atoms with van der Waals surface area (Å²) in [6.45, 7) is 6.71. The number of hydrogen-bond donors (Lipinski definition) is 1. The van der Waals surface area contributed by atoms with E-state index in [-0.39, 0.29) is 5.91 Å². The first-order chi connectivity index (χ1) is 10.5. The van der Waals surface area contributed by atoms with Crippen molar-refractivity contribution in [1.82, 2.24) is 19.9 Å². The van der Waals surface area contributed by atoms with Crippen LogP contribution in [0.2, 0.25) is 0 Å². The second kappa shape index (κ2) is 5.47. The van der Waals surface area contributed by atoms with Crippen LogP contribution in [-0.2, 0) is 4.79 Å². The molecule has 1 fully saturated rings. The SMILES string of the molecule is CC(=O)N1CCN(c2nc(N(C)C)nc3[nH]c(C)cc23)CC1. The van der Waals surface area contributed by atoms with E-state index in [9.17, 15) is 4.79 Å². The van der Waals surface area contributed by atoms with Crippen LogP contribution in [0, 0.1) is 6.92 Å². The smallest absolute Gasteiger partial charge is 0.228 e. The number of nitrogens with one attached hydrogen (secondary N) is 1. The fraction of sp³-hybridized carbons (Fsp3) is 0.533. The Bertz CT molecular complexity index is 699. The molecule has 0 saturated carbocycles. The first-order valence-corrected chi connectivity index (χ1v) is 7.51. The molecule has 0 spiro atoms. The summed E-state index contributed by atoms with van der Waals surface area (Å²) in [5, 5.41) is 1.04. The van der Waals surface area contributed by atoms with Crippen molar-refractivity contribution in [2.75, 3.05) is 50.1 Å². The predicted molar refractivity (Wildman–Crippen MR) is 87.4 cm³/mol. The van der Waals surface area contributed by atoms with Gasteiger partial charge in [0.25, 0.3) is 0 Å². The maximum absolute atomic E-state index is 11.5. The minimum atomic E-state index is 0.138. The van der Waals surface area contributed by atoms with Gasteiger partial charge < -0.3 is 19.7 Å². The Labute approximate surface area is 129 Å². The zero-order chi connectivity index (χ0) is 15.9. The maximum Gasteiger partial charge on any atom is 0.228 e. The lowest BCUT2D eigenvalue weighted by molar-refractivity contribution is -0.129. The van der Waals surface area contributed by atoms with E-state index in [4.69, 9.17) is 4.98 Å². The molecule has 22 heavy (non-hydrogen) atoms. The van der Waals surface area contributed by atoms with Crippen LogP contribution >= 0.6 is 0 Å². The van der Waals surface area contributed by atoms with Gasteiger partial charge in [-0.15, -0.1) is 0 Å². The Morgan fingerprint density at radius 3 is 2.50 bits per heavy atom. The van der Waals surface area contributed by atoms with E-state index in [0.717, 1.165) is 48.7 Å². The molecule has 1 aliphatic rings. The van der Waals surface area contributed by atoms with E-state index < -0.39 is 0 Å². The summed E-state index contributed by atoms with van der Waals surface area (Å²) in [5.41, 5.74) is 1.93. The third kappa shape index (κ3) is 2.58. The van der Waals surface area contributed by atoms with E-state index in [1.54, 1.807) is 6.92 Å². The van der Waals surface area contributed by atoms with Crippen molar-refractivity contribution < 1.29 is 4.79 Å². The highest BCUT2D eigenvalue weighted by atomic mass is 16.2. The van der Waals surface area contributed by atoms with Crippen LogP contribution in [0.15, 0.2) is 6.07 Å². The highest BCUT2D eigenvalue weighted by Gasteiger charge is 2.23. The van der Waals surface area contributed by atoms with Gasteiger partial charge in [0.2, 0.25) is 11.9 Å². The summed E-state index contributed by atoms with van der Waals surface area (Å²) in [7, 11) is 3.88. The first kappa shape index (κ1) is 14.6. The van der Waals surface area contributed by atoms with Crippen molar-refractivity contribution in [2.45, 2.75) is 13.8 Å². The molecular weight excluding hydrogens is 280 g/mol. The van der Waals surface area contributed by atoms with Crippen LogP contribution in [0.25, 0.3) is 11.0 Å². The minimum Gasteiger partial charge on any atom is -0.352 e. The molecule has 2 aromatic heterocycles. The number of rotatable bonds is 2. The number of aryl methyl sites for hydroxylation is 1. The zero-order valence-electron chi connectivity index (χ0n) is 13.6. The molecule has 2 aromatic rings. The predicted octanol–water partition coefficient (Wildman–Crippen LogP) is 1.00. The van der Waals surface area contributed by atoms with Gasteiger partial charge in [0.15, 0.2) is 0 Å². The molecule has 0 aliphatic carbocycles. The average Bonchev–Trinajstić information content (AvgIpc) is 2.86. The third-order valence-electron chi connectivity index (χ3n) is 4.01. The topological polar surface area (TPSA) is 68.4 Å². The van der Waals surface area contributed by atoms with Gasteiger partial charge in [-0.25, -0.2) is 0 Å². The van der Waals surface area contributed by atoms with Gasteiger partial charge in [-0.1, -0.05) is 0 Å². The van der Waals surface area contributed by atoms with Crippen LogP contribution in [0.5, 0.6) is 0 Å². The number of H-pyrrole nitrogens is 1. The summed E-state index contributed by atoms with van der Waals surface area (Å²) in [6.07, 6.45) is 0. The van der Waals surface area contributed by atoms with Gasteiger partial charge in [0.05, 0.1) is 5.39 Å². The molecule has 7 heteroatoms. The van der Waals surface area contributed by atoms with Gasteiger partial charge in [0, 0.05) is 52.9 Å². The fourth-order valence-electron chi connectivity index (χ4n) is 2.79. The second-order valence-electron chi connectivity index (χ2n) is 5.95. The quantitative estimate of drug-likeness (QED) is 0.896. The summed E-state index contributed by atoms with van der Waals surface area (Å²) < 4.78 is 0. The van der Waals surface area contributed by atoms with Crippen LogP contribution < -0.4 is 9.80 Å². The van der Waals surface area contributed by atoms with Gasteiger partial charge in [-0.2, -0.15) is 9.97 Å². The van der Waals surface area contributed by atoms with Crippen molar-refractivity contribution in [3.8, 4) is 0 Å². The number of aromatic amines is 1. The molecule has 0 bridgehead atoms. The molecule has 7 nitrogen and oxygen atoms in total. The molecule has 1 N–H and O–H groups in total. The number of anilines is 2. The lowest BCUT2D eigenvalue weighted by Gasteiger charge is -2.35. The summed E-state index contributed by atoms with van der Waals surface area (Å²) in [6, 6.07) is 2.08. The van der Waals surface area contributed by atoms with E-state index in [2.05, 4.69) is 20.9 Å². The molecule has 0 unspecified atom stereocenters. The number of fused-ring (bicyclic) bond motifs is 1. The number of carbonyl (C=O) groups is 1. The van der Waals surface area contributed by atoms with E-state index in [1.165, 1.54) is 0 Å². The number of aromatic nitrogens is 3. The maximum atomic E-state index is 11.5. The van der Waals surface area contributed by atoms with E-state index in [0.29, 0.717) is 5.95 Å². The van der Waals surface area contributed by atoms with Crippen LogP contribution in [0.1, 0.15) is 12.6 Å². The number of amides is 1. The molecule has 1 saturated heterocycles. The van der Waals surface area contributed by atoms with Crippen LogP contribution in [0.4, 0.5) is 11.8 Å². The monoisotopic (exact) mass is 302 g/mol. The molecule has 118 valence electrons. The van der Waals surface area contributed by atoms with E-state index in [1.807, 2.05) is 30.8 Å². The molecule has 3 rings (SSSR count). The summed E-state index contributed by atoms with van der Waals surface area (Å²) in [5.74, 6) is 1.78. The Hall–Kier alpha value is -2.31. The lowest BCUT2D eigenvalue weighted by Crippen LogP contribution is -2.48. The Balaban J connectivity index is 1.97. The number of piperazine rings is 1. The Morgan fingerprint density at radius 1 is 1.23 bits per heavy atom. The number of carbonyl (C=O) groups excluding carboxylic acids is 1. The van der Waals surface area contributed by atoms with Crippen LogP contribution in [0.3, 0.4) is 0 Å². The van der Waals surface area contributed by atoms with Crippen molar-refractivity contribution in [2.24, 2.45) is 0 Å². The summed E-state index contributed by atoms with van der Waals surface area (Å²) in [4.78, 5) is 30.1. The molecule has 1 amide bonds. The third-order valence-corrected chi connectivity index (χ3v) is 4.01. The Morgan fingerprint density at radius 2 is 1.91 bits per heavy atom. The zero-order valence-corrected chi connectivity index (χ0v) is 13.6. The van der Waals surface area contributed by atoms with E-state index >= 15 is 0 Å².